The van der Waals surface area contributed by atoms with E-state index in [1.807, 2.05) is 11.8 Å². The summed E-state index contributed by atoms with van der Waals surface area (Å²) in [4.78, 5) is 15.7. The van der Waals surface area contributed by atoms with Gasteiger partial charge in [-0.3, -0.25) is 0 Å². The molecule has 2 saturated heterocycles. The normalized spacial score (nSPS) is 33.2. The molecular formula is C10H20N4O. The van der Waals surface area contributed by atoms with Crippen LogP contribution in [-0.2, 0) is 0 Å². The van der Waals surface area contributed by atoms with Gasteiger partial charge >= 0.3 is 6.03 Å². The van der Waals surface area contributed by atoms with E-state index >= 15 is 0 Å². The van der Waals surface area contributed by atoms with Crippen LogP contribution < -0.4 is 10.6 Å². The highest BCUT2D eigenvalue weighted by Gasteiger charge is 2.28. The lowest BCUT2D eigenvalue weighted by atomic mass is 10.2. The van der Waals surface area contributed by atoms with Crippen LogP contribution in [0.15, 0.2) is 0 Å². The number of amides is 2. The number of nitrogens with one attached hydrogen (secondary N) is 2. The maximum absolute atomic E-state index is 11.5. The number of piperazine rings is 1. The van der Waals surface area contributed by atoms with Crippen LogP contribution in [0.1, 0.15) is 6.92 Å². The minimum Gasteiger partial charge on any atom is -0.334 e. The molecule has 0 aromatic heterocycles. The van der Waals surface area contributed by atoms with Crippen LogP contribution in [0.4, 0.5) is 4.79 Å². The Bertz CT molecular complexity index is 246. The first-order chi connectivity index (χ1) is 7.15. The van der Waals surface area contributed by atoms with Gasteiger partial charge in [0.2, 0.25) is 0 Å². The molecule has 2 rings (SSSR count). The molecular weight excluding hydrogens is 192 g/mol. The van der Waals surface area contributed by atoms with E-state index in [4.69, 9.17) is 0 Å². The Morgan fingerprint density at radius 2 is 2.27 bits per heavy atom. The Balaban J connectivity index is 1.83. The largest absolute Gasteiger partial charge is 0.334 e. The number of rotatable bonds is 2. The summed E-state index contributed by atoms with van der Waals surface area (Å²) in [7, 11) is 2.13. The first-order valence-corrected chi connectivity index (χ1v) is 5.62. The van der Waals surface area contributed by atoms with E-state index in [1.165, 1.54) is 0 Å². The van der Waals surface area contributed by atoms with Gasteiger partial charge in [0.25, 0.3) is 0 Å². The fraction of sp³-hybridized carbons (Fsp3) is 0.900. The van der Waals surface area contributed by atoms with E-state index in [0.717, 1.165) is 32.7 Å². The third kappa shape index (κ3) is 2.60. The zero-order chi connectivity index (χ0) is 10.8. The molecule has 0 aromatic rings. The SMILES string of the molecule is CC1CN(CC2CN(C)CCN2)C(=O)N1. The number of urea groups is 1. The average Bonchev–Trinajstić information content (AvgIpc) is 2.45. The number of hydrogen-bond acceptors (Lipinski definition) is 3. The van der Waals surface area contributed by atoms with Gasteiger partial charge in [-0.25, -0.2) is 4.79 Å². The number of nitrogens with zero attached hydrogens (tertiary/aromatic N) is 2. The molecule has 0 saturated carbocycles. The third-order valence-corrected chi connectivity index (χ3v) is 3.05. The summed E-state index contributed by atoms with van der Waals surface area (Å²) in [5.74, 6) is 0. The van der Waals surface area contributed by atoms with Crippen molar-refractivity contribution < 1.29 is 4.79 Å². The van der Waals surface area contributed by atoms with E-state index in [9.17, 15) is 4.79 Å². The molecule has 2 heterocycles. The minimum atomic E-state index is 0.0810. The molecule has 2 aliphatic rings. The Kier molecular flexibility index (Phi) is 3.11. The maximum Gasteiger partial charge on any atom is 0.317 e. The fourth-order valence-corrected chi connectivity index (χ4v) is 2.30. The predicted molar refractivity (Wildman–Crippen MR) is 58.9 cm³/mol. The highest BCUT2D eigenvalue weighted by molar-refractivity contribution is 5.76. The molecule has 0 spiro atoms. The molecule has 2 aliphatic heterocycles. The smallest absolute Gasteiger partial charge is 0.317 e. The van der Waals surface area contributed by atoms with Gasteiger partial charge in [0.05, 0.1) is 0 Å². The summed E-state index contributed by atoms with van der Waals surface area (Å²) >= 11 is 0. The van der Waals surface area contributed by atoms with Gasteiger partial charge in [-0.05, 0) is 14.0 Å². The van der Waals surface area contributed by atoms with Crippen LogP contribution in [0.3, 0.4) is 0 Å². The van der Waals surface area contributed by atoms with E-state index in [1.54, 1.807) is 0 Å². The van der Waals surface area contributed by atoms with Crippen LogP contribution in [0.2, 0.25) is 0 Å². The molecule has 15 heavy (non-hydrogen) atoms. The molecule has 5 nitrogen and oxygen atoms in total. The van der Waals surface area contributed by atoms with Crippen molar-refractivity contribution in [1.82, 2.24) is 20.4 Å². The second-order valence-corrected chi connectivity index (χ2v) is 4.67. The molecule has 86 valence electrons. The molecule has 0 bridgehead atoms. The van der Waals surface area contributed by atoms with Gasteiger partial charge in [-0.2, -0.15) is 0 Å². The second-order valence-electron chi connectivity index (χ2n) is 4.67. The number of likely N-dealkylation sites (N-methyl/N-ethyl adjacent to an activating group) is 1. The van der Waals surface area contributed by atoms with Crippen molar-refractivity contribution in [2.45, 2.75) is 19.0 Å². The van der Waals surface area contributed by atoms with Crippen LogP contribution in [0, 0.1) is 0 Å². The highest BCUT2D eigenvalue weighted by Crippen LogP contribution is 2.06. The summed E-state index contributed by atoms with van der Waals surface area (Å²) in [5.41, 5.74) is 0. The Labute approximate surface area is 90.8 Å². The monoisotopic (exact) mass is 212 g/mol. The zero-order valence-corrected chi connectivity index (χ0v) is 9.49. The lowest BCUT2D eigenvalue weighted by Crippen LogP contribution is -2.54. The van der Waals surface area contributed by atoms with Gasteiger partial charge in [0.1, 0.15) is 0 Å². The maximum atomic E-state index is 11.5. The van der Waals surface area contributed by atoms with E-state index < -0.39 is 0 Å². The summed E-state index contributed by atoms with van der Waals surface area (Å²) in [6.45, 7) is 6.84. The summed E-state index contributed by atoms with van der Waals surface area (Å²) in [5, 5.41) is 6.36. The van der Waals surface area contributed by atoms with Gasteiger partial charge in [0, 0.05) is 44.8 Å². The number of hydrogen-bond donors (Lipinski definition) is 2. The van der Waals surface area contributed by atoms with Crippen molar-refractivity contribution in [1.29, 1.82) is 0 Å². The fourth-order valence-electron chi connectivity index (χ4n) is 2.30. The highest BCUT2D eigenvalue weighted by atomic mass is 16.2. The van der Waals surface area contributed by atoms with Crippen molar-refractivity contribution in [3.63, 3.8) is 0 Å². The summed E-state index contributed by atoms with van der Waals surface area (Å²) in [6.07, 6.45) is 0. The zero-order valence-electron chi connectivity index (χ0n) is 9.49. The second kappa shape index (κ2) is 4.37. The topological polar surface area (TPSA) is 47.6 Å². The number of carbonyl (C=O) groups excluding carboxylic acids is 1. The third-order valence-electron chi connectivity index (χ3n) is 3.05. The van der Waals surface area contributed by atoms with Crippen LogP contribution >= 0.6 is 0 Å². The summed E-state index contributed by atoms with van der Waals surface area (Å²) in [6, 6.07) is 0.788. The number of carbonyl (C=O) groups is 1. The Morgan fingerprint density at radius 3 is 2.87 bits per heavy atom. The van der Waals surface area contributed by atoms with E-state index in [2.05, 4.69) is 22.6 Å². The molecule has 0 aliphatic carbocycles. The molecule has 2 unspecified atom stereocenters. The molecule has 0 aromatic carbocycles. The van der Waals surface area contributed by atoms with Crippen molar-refractivity contribution in [3.05, 3.63) is 0 Å². The molecule has 2 fully saturated rings. The first-order valence-electron chi connectivity index (χ1n) is 5.62. The van der Waals surface area contributed by atoms with Gasteiger partial charge in [0.15, 0.2) is 0 Å². The van der Waals surface area contributed by atoms with Crippen molar-refractivity contribution >= 4 is 6.03 Å². The standard InChI is InChI=1S/C10H20N4O/c1-8-5-14(10(15)12-8)7-9-6-13(2)4-3-11-9/h8-9,11H,3-7H2,1-2H3,(H,12,15). The van der Waals surface area contributed by atoms with Gasteiger partial charge in [-0.1, -0.05) is 0 Å². The van der Waals surface area contributed by atoms with E-state index in [0.29, 0.717) is 12.1 Å². The Morgan fingerprint density at radius 1 is 1.47 bits per heavy atom. The summed E-state index contributed by atoms with van der Waals surface area (Å²) < 4.78 is 0. The van der Waals surface area contributed by atoms with Crippen LogP contribution in [0.5, 0.6) is 0 Å². The van der Waals surface area contributed by atoms with Crippen molar-refractivity contribution in [3.8, 4) is 0 Å². The first kappa shape index (κ1) is 10.7. The van der Waals surface area contributed by atoms with Crippen LogP contribution in [0.25, 0.3) is 0 Å². The van der Waals surface area contributed by atoms with Crippen molar-refractivity contribution in [2.75, 3.05) is 39.8 Å². The molecule has 2 atom stereocenters. The lowest BCUT2D eigenvalue weighted by Gasteiger charge is -2.33. The Hall–Kier alpha value is -0.810. The average molecular weight is 212 g/mol. The quantitative estimate of drug-likeness (QED) is 0.636. The molecule has 2 N–H and O–H groups in total. The molecule has 2 amide bonds. The predicted octanol–water partition coefficient (Wildman–Crippen LogP) is -0.696. The lowest BCUT2D eigenvalue weighted by molar-refractivity contribution is 0.186. The van der Waals surface area contributed by atoms with Gasteiger partial charge < -0.3 is 20.4 Å². The minimum absolute atomic E-state index is 0.0810. The van der Waals surface area contributed by atoms with E-state index in [-0.39, 0.29) is 6.03 Å². The molecule has 5 heteroatoms. The molecule has 0 radical (unpaired) electrons. The van der Waals surface area contributed by atoms with Gasteiger partial charge in [-0.15, -0.1) is 0 Å². The van der Waals surface area contributed by atoms with Crippen LogP contribution in [-0.4, -0.2) is 67.7 Å². The van der Waals surface area contributed by atoms with Crippen molar-refractivity contribution in [2.24, 2.45) is 0 Å².